The zero-order valence-corrected chi connectivity index (χ0v) is 16.0. The van der Waals surface area contributed by atoms with Crippen molar-refractivity contribution in [3.63, 3.8) is 0 Å². The van der Waals surface area contributed by atoms with Crippen molar-refractivity contribution in [1.29, 1.82) is 0 Å². The molecule has 0 spiro atoms. The molecular weight excluding hydrogens is 366 g/mol. The Labute approximate surface area is 162 Å². The van der Waals surface area contributed by atoms with Gasteiger partial charge < -0.3 is 9.64 Å². The largest absolute Gasteiger partial charge is 0.366 e. The molecule has 0 amide bonds. The summed E-state index contributed by atoms with van der Waals surface area (Å²) in [5.41, 5.74) is 2.19. The molecule has 1 N–H and O–H groups in total. The molecule has 6 heteroatoms. The Balaban J connectivity index is 1.38. The molecule has 1 fully saturated rings. The maximum absolute atomic E-state index is 6.31. The van der Waals surface area contributed by atoms with E-state index in [0.29, 0.717) is 0 Å². The maximum Gasteiger partial charge on any atom is 0.117 e. The average molecular weight is 387 g/mol. The number of fused-ring (bicyclic) bond motifs is 1. The van der Waals surface area contributed by atoms with E-state index in [9.17, 15) is 0 Å². The number of benzene rings is 2. The second-order valence-electron chi connectivity index (χ2n) is 6.47. The predicted molar refractivity (Wildman–Crippen MR) is 106 cm³/mol. The van der Waals surface area contributed by atoms with E-state index in [1.165, 1.54) is 10.5 Å². The van der Waals surface area contributed by atoms with Crippen molar-refractivity contribution in [2.45, 2.75) is 17.7 Å². The summed E-state index contributed by atoms with van der Waals surface area (Å²) in [5.74, 6) is 0.896. The molecule has 3 aromatic rings. The molecule has 0 aliphatic carbocycles. The van der Waals surface area contributed by atoms with Crippen molar-refractivity contribution < 1.29 is 9.64 Å². The molecule has 0 bridgehead atoms. The predicted octanol–water partition coefficient (Wildman–Crippen LogP) is 2.86. The number of aromatic nitrogens is 2. The summed E-state index contributed by atoms with van der Waals surface area (Å²) in [6, 6.07) is 16.2. The normalized spacial score (nSPS) is 20.3. The third-order valence-electron chi connectivity index (χ3n) is 4.64. The Morgan fingerprint density at radius 3 is 2.88 bits per heavy atom. The second kappa shape index (κ2) is 8.35. The first-order valence-corrected chi connectivity index (χ1v) is 10.2. The fourth-order valence-electron chi connectivity index (χ4n) is 3.30. The van der Waals surface area contributed by atoms with Gasteiger partial charge in [-0.2, -0.15) is 0 Å². The van der Waals surface area contributed by atoms with Gasteiger partial charge in [-0.05, 0) is 12.1 Å². The summed E-state index contributed by atoms with van der Waals surface area (Å²) < 4.78 is 5.99. The Morgan fingerprint density at radius 2 is 1.96 bits per heavy atom. The van der Waals surface area contributed by atoms with Crippen molar-refractivity contribution in [1.82, 2.24) is 9.97 Å². The molecule has 0 radical (unpaired) electrons. The van der Waals surface area contributed by atoms with Gasteiger partial charge in [-0.1, -0.05) is 48.0 Å². The first-order valence-electron chi connectivity index (χ1n) is 8.81. The van der Waals surface area contributed by atoms with Crippen LogP contribution >= 0.6 is 23.4 Å². The van der Waals surface area contributed by atoms with E-state index in [-0.39, 0.29) is 6.10 Å². The first kappa shape index (κ1) is 17.7. The molecule has 134 valence electrons. The van der Waals surface area contributed by atoms with E-state index in [2.05, 4.69) is 28.2 Å². The number of ether oxygens (including phenoxy) is 1. The number of nitrogens with one attached hydrogen (secondary N) is 1. The van der Waals surface area contributed by atoms with E-state index in [1.807, 2.05) is 30.3 Å². The minimum absolute atomic E-state index is 0.222. The lowest BCUT2D eigenvalue weighted by molar-refractivity contribution is -0.924. The molecule has 1 aromatic heterocycles. The highest BCUT2D eigenvalue weighted by Gasteiger charge is 2.25. The Kier molecular flexibility index (Phi) is 5.70. The summed E-state index contributed by atoms with van der Waals surface area (Å²) in [5, 5.41) is 2.98. The van der Waals surface area contributed by atoms with Crippen molar-refractivity contribution >= 4 is 34.3 Å². The molecule has 26 heavy (non-hydrogen) atoms. The highest BCUT2D eigenvalue weighted by molar-refractivity contribution is 7.99. The number of morpholine rings is 1. The summed E-state index contributed by atoms with van der Waals surface area (Å²) in [4.78, 5) is 10.3. The molecule has 1 aliphatic rings. The van der Waals surface area contributed by atoms with Crippen LogP contribution < -0.4 is 4.90 Å². The molecular formula is C20H21ClN3OS+. The van der Waals surface area contributed by atoms with Crippen LogP contribution in [0.25, 0.3) is 10.9 Å². The van der Waals surface area contributed by atoms with Gasteiger partial charge in [0.05, 0.1) is 12.1 Å². The number of nitrogens with zero attached hydrogens (tertiary/aromatic N) is 2. The molecule has 2 heterocycles. The standard InChI is InChI=1S/C20H20ClN3OS/c21-18-7-3-1-5-15(18)11-24-9-10-25-16(12-24)13-26-20-17-6-2-4-8-19(17)22-14-23-20/h1-8,14,16H,9-13H2/p+1/t16-/m0/s1. The van der Waals surface area contributed by atoms with E-state index in [0.717, 1.165) is 52.9 Å². The van der Waals surface area contributed by atoms with Crippen molar-refractivity contribution in [2.75, 3.05) is 25.4 Å². The average Bonchev–Trinajstić information content (AvgIpc) is 2.68. The minimum Gasteiger partial charge on any atom is -0.366 e. The lowest BCUT2D eigenvalue weighted by Gasteiger charge is -2.30. The van der Waals surface area contributed by atoms with Crippen LogP contribution in [0.3, 0.4) is 0 Å². The van der Waals surface area contributed by atoms with Crippen LogP contribution in [0.4, 0.5) is 0 Å². The minimum atomic E-state index is 0.222. The SMILES string of the molecule is Clc1ccccc1C[NH+]1CCO[C@H](CSc2ncnc3ccccc23)C1. The number of para-hydroxylation sites is 1. The van der Waals surface area contributed by atoms with Crippen LogP contribution in [0, 0.1) is 0 Å². The van der Waals surface area contributed by atoms with E-state index >= 15 is 0 Å². The fraction of sp³-hybridized carbons (Fsp3) is 0.300. The van der Waals surface area contributed by atoms with Crippen molar-refractivity contribution in [2.24, 2.45) is 0 Å². The van der Waals surface area contributed by atoms with Gasteiger partial charge in [-0.25, -0.2) is 9.97 Å². The van der Waals surface area contributed by atoms with Gasteiger partial charge in [0.15, 0.2) is 0 Å². The van der Waals surface area contributed by atoms with E-state index in [1.54, 1.807) is 18.1 Å². The zero-order chi connectivity index (χ0) is 17.8. The van der Waals surface area contributed by atoms with Gasteiger partial charge in [0.2, 0.25) is 0 Å². The molecule has 4 rings (SSSR count). The van der Waals surface area contributed by atoms with Gasteiger partial charge in [-0.3, -0.25) is 0 Å². The quantitative estimate of drug-likeness (QED) is 0.540. The molecule has 0 saturated carbocycles. The van der Waals surface area contributed by atoms with Gasteiger partial charge >= 0.3 is 0 Å². The summed E-state index contributed by atoms with van der Waals surface area (Å²) in [7, 11) is 0. The maximum atomic E-state index is 6.31. The first-order chi connectivity index (χ1) is 12.8. The zero-order valence-electron chi connectivity index (χ0n) is 14.4. The smallest absolute Gasteiger partial charge is 0.117 e. The Bertz CT molecular complexity index is 886. The van der Waals surface area contributed by atoms with Crippen LogP contribution in [-0.2, 0) is 11.3 Å². The lowest BCUT2D eigenvalue weighted by Crippen LogP contribution is -3.13. The van der Waals surface area contributed by atoms with Crippen LogP contribution in [0.1, 0.15) is 5.56 Å². The summed E-state index contributed by atoms with van der Waals surface area (Å²) in [6.45, 7) is 3.74. The monoisotopic (exact) mass is 386 g/mol. The van der Waals surface area contributed by atoms with Gasteiger partial charge in [-0.15, -0.1) is 11.8 Å². The van der Waals surface area contributed by atoms with Gasteiger partial charge in [0.1, 0.15) is 37.1 Å². The Morgan fingerprint density at radius 1 is 1.12 bits per heavy atom. The molecule has 4 nitrogen and oxygen atoms in total. The van der Waals surface area contributed by atoms with Crippen LogP contribution in [0.5, 0.6) is 0 Å². The van der Waals surface area contributed by atoms with Crippen LogP contribution in [0.2, 0.25) is 5.02 Å². The number of hydrogen-bond donors (Lipinski definition) is 1. The molecule has 1 saturated heterocycles. The number of hydrogen-bond acceptors (Lipinski definition) is 4. The topological polar surface area (TPSA) is 39.5 Å². The summed E-state index contributed by atoms with van der Waals surface area (Å²) >= 11 is 8.07. The van der Waals surface area contributed by atoms with Crippen LogP contribution in [0.15, 0.2) is 59.9 Å². The molecule has 1 unspecified atom stereocenters. The Hall–Kier alpha value is -1.66. The van der Waals surface area contributed by atoms with Crippen LogP contribution in [-0.4, -0.2) is 41.5 Å². The molecule has 2 aromatic carbocycles. The fourth-order valence-corrected chi connectivity index (χ4v) is 4.51. The number of rotatable bonds is 5. The lowest BCUT2D eigenvalue weighted by atomic mass is 10.2. The third kappa shape index (κ3) is 4.18. The highest BCUT2D eigenvalue weighted by atomic mass is 35.5. The van der Waals surface area contributed by atoms with E-state index in [4.69, 9.17) is 16.3 Å². The number of quaternary nitrogens is 1. The van der Waals surface area contributed by atoms with E-state index < -0.39 is 0 Å². The van der Waals surface area contributed by atoms with Crippen molar-refractivity contribution in [3.05, 3.63) is 65.4 Å². The second-order valence-corrected chi connectivity index (χ2v) is 7.89. The molecule has 2 atom stereocenters. The highest BCUT2D eigenvalue weighted by Crippen LogP contribution is 2.25. The van der Waals surface area contributed by atoms with Gasteiger partial charge in [0, 0.05) is 21.7 Å². The molecule has 1 aliphatic heterocycles. The third-order valence-corrected chi connectivity index (χ3v) is 6.14. The van der Waals surface area contributed by atoms with Gasteiger partial charge in [0.25, 0.3) is 0 Å². The summed E-state index contributed by atoms with van der Waals surface area (Å²) in [6.07, 6.45) is 1.86. The van der Waals surface area contributed by atoms with Crippen molar-refractivity contribution in [3.8, 4) is 0 Å². The number of thioether (sulfide) groups is 1. The number of halogens is 1.